The van der Waals surface area contributed by atoms with Gasteiger partial charge in [0.2, 0.25) is 0 Å². The highest BCUT2D eigenvalue weighted by Gasteiger charge is 2.19. The number of ether oxygens (including phenoxy) is 1. The Morgan fingerprint density at radius 1 is 1.03 bits per heavy atom. The number of rotatable bonds is 8. The maximum atomic E-state index is 12.7. The van der Waals surface area contributed by atoms with Crippen LogP contribution in [-0.4, -0.2) is 47.0 Å². The third-order valence-electron chi connectivity index (χ3n) is 4.98. The van der Waals surface area contributed by atoms with Gasteiger partial charge in [0, 0.05) is 17.4 Å². The van der Waals surface area contributed by atoms with E-state index in [0.717, 1.165) is 23.4 Å². The van der Waals surface area contributed by atoms with Gasteiger partial charge in [0.25, 0.3) is 5.91 Å². The molecule has 0 fully saturated rings. The summed E-state index contributed by atoms with van der Waals surface area (Å²) in [6.45, 7) is 0. The van der Waals surface area contributed by atoms with Crippen molar-refractivity contribution in [3.63, 3.8) is 0 Å². The van der Waals surface area contributed by atoms with Gasteiger partial charge in [-0.25, -0.2) is 13.4 Å². The van der Waals surface area contributed by atoms with E-state index < -0.39 is 21.7 Å². The number of benzene rings is 3. The van der Waals surface area contributed by atoms with Crippen LogP contribution in [0.2, 0.25) is 0 Å². The third-order valence-corrected chi connectivity index (χ3v) is 7.06. The van der Waals surface area contributed by atoms with Crippen molar-refractivity contribution in [1.82, 2.24) is 8.96 Å². The Balaban J connectivity index is 1.48. The summed E-state index contributed by atoms with van der Waals surface area (Å²) in [5, 5.41) is 0. The molecule has 0 saturated carbocycles. The van der Waals surface area contributed by atoms with E-state index in [4.69, 9.17) is 16.2 Å². The molecule has 0 saturated heterocycles. The minimum Gasteiger partial charge on any atom is -0.456 e. The maximum Gasteiger partial charge on any atom is 0.280 e. The number of carbonyl (C=O) groups is 2. The molecule has 0 aliphatic rings. The summed E-state index contributed by atoms with van der Waals surface area (Å²) in [7, 11) is -3.76. The summed E-state index contributed by atoms with van der Waals surface area (Å²) in [6.07, 6.45) is 2.67. The smallest absolute Gasteiger partial charge is 0.280 e. The van der Waals surface area contributed by atoms with Gasteiger partial charge in [0.05, 0.1) is 16.8 Å². The first kappa shape index (κ1) is 24.9. The first-order chi connectivity index (χ1) is 17.1. The molecule has 0 atom stereocenters. The van der Waals surface area contributed by atoms with Crippen molar-refractivity contribution in [2.75, 3.05) is 12.0 Å². The van der Waals surface area contributed by atoms with Crippen LogP contribution in [0.3, 0.4) is 0 Å². The third kappa shape index (κ3) is 5.73. The van der Waals surface area contributed by atoms with Crippen molar-refractivity contribution >= 4 is 50.5 Å². The first-order valence-corrected chi connectivity index (χ1v) is 13.3. The van der Waals surface area contributed by atoms with Gasteiger partial charge >= 0.3 is 0 Å². The number of nitrogens with zero attached hydrogens (tertiary/aromatic N) is 3. The lowest BCUT2D eigenvalue weighted by molar-refractivity contribution is 0.0999. The van der Waals surface area contributed by atoms with Crippen molar-refractivity contribution in [3.05, 3.63) is 84.2 Å². The average molecular weight is 524 g/mol. The second-order valence-corrected chi connectivity index (χ2v) is 10.6. The summed E-state index contributed by atoms with van der Waals surface area (Å²) in [5.41, 5.74) is 12.7. The van der Waals surface area contributed by atoms with E-state index in [-0.39, 0.29) is 27.7 Å². The van der Waals surface area contributed by atoms with Crippen LogP contribution in [0.15, 0.2) is 82.9 Å². The quantitative estimate of drug-likeness (QED) is 0.201. The zero-order valence-electron chi connectivity index (χ0n) is 19.0. The van der Waals surface area contributed by atoms with Crippen molar-refractivity contribution < 1.29 is 22.7 Å². The van der Waals surface area contributed by atoms with Crippen LogP contribution < -0.4 is 16.2 Å². The van der Waals surface area contributed by atoms with Gasteiger partial charge in [-0.1, -0.05) is 12.1 Å². The van der Waals surface area contributed by atoms with E-state index in [9.17, 15) is 18.0 Å². The number of nitrogens with two attached hydrogens (primary N) is 2. The number of Topliss-reactive ketones (excluding diaryl/α,β-unsaturated/α-hetero) is 1. The van der Waals surface area contributed by atoms with E-state index >= 15 is 0 Å². The van der Waals surface area contributed by atoms with Gasteiger partial charge in [0.1, 0.15) is 22.7 Å². The molecule has 1 amide bonds. The van der Waals surface area contributed by atoms with Crippen molar-refractivity contribution in [2.45, 2.75) is 4.90 Å². The molecular formula is C24H21N5O5S2. The molecule has 3 aromatic carbocycles. The van der Waals surface area contributed by atoms with E-state index in [0.29, 0.717) is 11.3 Å². The molecule has 0 aliphatic carbocycles. The molecule has 0 bridgehead atoms. The van der Waals surface area contributed by atoms with Crippen molar-refractivity contribution in [2.24, 2.45) is 16.5 Å². The number of hydrogen-bond acceptors (Lipinski definition) is 7. The highest BCUT2D eigenvalue weighted by molar-refractivity contribution is 7.98. The number of amides is 1. The number of sulfone groups is 1. The zero-order valence-corrected chi connectivity index (χ0v) is 20.6. The zero-order chi connectivity index (χ0) is 25.9. The minimum absolute atomic E-state index is 0.0136. The fraction of sp³-hybridized carbons (Fsp3) is 0.0833. The summed E-state index contributed by atoms with van der Waals surface area (Å²) in [4.78, 5) is 32.3. The van der Waals surface area contributed by atoms with Crippen LogP contribution in [0, 0.1) is 0 Å². The summed E-state index contributed by atoms with van der Waals surface area (Å²) in [6, 6.07) is 17.8. The van der Waals surface area contributed by atoms with Crippen LogP contribution in [0.1, 0.15) is 20.7 Å². The Bertz CT molecular complexity index is 1590. The molecule has 36 heavy (non-hydrogen) atoms. The molecule has 4 rings (SSSR count). The lowest BCUT2D eigenvalue weighted by Crippen LogP contribution is -2.24. The molecule has 0 unspecified atom stereocenters. The number of imidazole rings is 1. The highest BCUT2D eigenvalue weighted by Crippen LogP contribution is 2.30. The van der Waals surface area contributed by atoms with Crippen molar-refractivity contribution in [3.8, 4) is 11.5 Å². The van der Waals surface area contributed by atoms with E-state index in [2.05, 4.69) is 9.98 Å². The van der Waals surface area contributed by atoms with Gasteiger partial charge in [-0.2, -0.15) is 4.99 Å². The molecule has 10 nitrogen and oxygen atoms in total. The number of guanidine groups is 1. The Hall–Kier alpha value is -4.16. The van der Waals surface area contributed by atoms with Gasteiger partial charge in [-0.15, -0.1) is 0 Å². The number of carbonyl (C=O) groups excluding carboxylic acids is 2. The SMILES string of the molecule is CS(=O)(=O)c1cc(C(=O)N=C(N)N)ccc1Oc1ccc(C(=O)CSn2cnc3ccccc32)cc1. The summed E-state index contributed by atoms with van der Waals surface area (Å²) in [5.74, 6) is -0.787. The standard InChI is InChI=1S/C24H21N5O5S2/c1-36(32,33)22-12-16(23(31)28-24(25)26)8-11-21(22)34-17-9-6-15(7-10-17)20(30)13-35-29-14-27-18-4-2-3-5-19(18)29/h2-12,14H,13H2,1H3,(H4,25,26,28,31). The Labute approximate surface area is 211 Å². The predicted octanol–water partition coefficient (Wildman–Crippen LogP) is 3.02. The number of fused-ring (bicyclic) bond motifs is 1. The molecule has 4 N–H and O–H groups in total. The number of aromatic nitrogens is 2. The normalized spacial score (nSPS) is 11.2. The van der Waals surface area contributed by atoms with Crippen LogP contribution in [0.5, 0.6) is 11.5 Å². The number of ketones is 1. The van der Waals surface area contributed by atoms with Gasteiger partial charge in [-0.3, -0.25) is 13.6 Å². The predicted molar refractivity (Wildman–Crippen MR) is 138 cm³/mol. The maximum absolute atomic E-state index is 12.7. The molecule has 0 radical (unpaired) electrons. The molecular weight excluding hydrogens is 502 g/mol. The fourth-order valence-corrected chi connectivity index (χ4v) is 4.93. The van der Waals surface area contributed by atoms with Crippen LogP contribution >= 0.6 is 11.9 Å². The van der Waals surface area contributed by atoms with E-state index in [1.807, 2.05) is 28.2 Å². The van der Waals surface area contributed by atoms with Crippen LogP contribution in [0.25, 0.3) is 11.0 Å². The average Bonchev–Trinajstić information content (AvgIpc) is 3.25. The van der Waals surface area contributed by atoms with Crippen LogP contribution in [-0.2, 0) is 9.84 Å². The van der Waals surface area contributed by atoms with Crippen LogP contribution in [0.4, 0.5) is 0 Å². The molecule has 4 aromatic rings. The van der Waals surface area contributed by atoms with E-state index in [1.54, 1.807) is 30.6 Å². The van der Waals surface area contributed by atoms with Gasteiger partial charge < -0.3 is 16.2 Å². The Morgan fingerprint density at radius 3 is 2.42 bits per heavy atom. The highest BCUT2D eigenvalue weighted by atomic mass is 32.2. The second-order valence-electron chi connectivity index (χ2n) is 7.66. The molecule has 0 aliphatic heterocycles. The lowest BCUT2D eigenvalue weighted by atomic mass is 10.1. The van der Waals surface area contributed by atoms with Gasteiger partial charge in [-0.05, 0) is 66.5 Å². The van der Waals surface area contributed by atoms with E-state index in [1.165, 1.54) is 24.1 Å². The Kier molecular flexibility index (Phi) is 7.08. The molecule has 184 valence electrons. The number of hydrogen-bond donors (Lipinski definition) is 2. The number of aliphatic imine (C=N–C) groups is 1. The summed E-state index contributed by atoms with van der Waals surface area (Å²) >= 11 is 1.33. The minimum atomic E-state index is -3.76. The first-order valence-electron chi connectivity index (χ1n) is 10.5. The molecule has 1 aromatic heterocycles. The summed E-state index contributed by atoms with van der Waals surface area (Å²) < 4.78 is 32.2. The lowest BCUT2D eigenvalue weighted by Gasteiger charge is -2.11. The fourth-order valence-electron chi connectivity index (χ4n) is 3.28. The van der Waals surface area contributed by atoms with Crippen molar-refractivity contribution in [1.29, 1.82) is 0 Å². The number of para-hydroxylation sites is 2. The van der Waals surface area contributed by atoms with Gasteiger partial charge in [0.15, 0.2) is 21.6 Å². The topological polar surface area (TPSA) is 160 Å². The largest absolute Gasteiger partial charge is 0.456 e. The molecule has 1 heterocycles. The molecule has 12 heteroatoms. The second kappa shape index (κ2) is 10.2. The molecule has 0 spiro atoms. The monoisotopic (exact) mass is 523 g/mol. The Morgan fingerprint density at radius 2 is 1.72 bits per heavy atom.